The zero-order chi connectivity index (χ0) is 14.5. The molecule has 0 spiro atoms. The van der Waals surface area contributed by atoms with Gasteiger partial charge in [0.2, 0.25) is 0 Å². The first-order chi connectivity index (χ1) is 9.60. The number of hydrogen-bond donors (Lipinski definition) is 1. The van der Waals surface area contributed by atoms with E-state index in [4.69, 9.17) is 15.2 Å². The van der Waals surface area contributed by atoms with Crippen LogP contribution >= 0.6 is 0 Å². The molecular weight excluding hydrogens is 254 g/mol. The molecule has 0 amide bonds. The van der Waals surface area contributed by atoms with E-state index < -0.39 is 0 Å². The van der Waals surface area contributed by atoms with Crippen molar-refractivity contribution >= 4 is 11.5 Å². The topological polar surface area (TPSA) is 61.5 Å². The summed E-state index contributed by atoms with van der Waals surface area (Å²) in [7, 11) is 0. The molecule has 20 heavy (non-hydrogen) atoms. The maximum absolute atomic E-state index is 11.3. The molecule has 0 atom stereocenters. The van der Waals surface area contributed by atoms with Crippen LogP contribution in [0.25, 0.3) is 0 Å². The number of benzene rings is 2. The van der Waals surface area contributed by atoms with Crippen LogP contribution in [0.4, 0.5) is 5.69 Å². The predicted molar refractivity (Wildman–Crippen MR) is 78.5 cm³/mol. The zero-order valence-electron chi connectivity index (χ0n) is 11.6. The van der Waals surface area contributed by atoms with Crippen LogP contribution in [0.3, 0.4) is 0 Å². The molecule has 2 rings (SSSR count). The molecule has 104 valence electrons. The van der Waals surface area contributed by atoms with Crippen LogP contribution in [0.1, 0.15) is 24.2 Å². The molecule has 2 N–H and O–H groups in total. The fourth-order valence-electron chi connectivity index (χ4n) is 1.86. The Hall–Kier alpha value is -2.49. The van der Waals surface area contributed by atoms with Crippen molar-refractivity contribution in [3.05, 3.63) is 48.0 Å². The van der Waals surface area contributed by atoms with Crippen LogP contribution in [0.15, 0.2) is 42.5 Å². The summed E-state index contributed by atoms with van der Waals surface area (Å²) in [5.74, 6) is 1.93. The average Bonchev–Trinajstić information content (AvgIpc) is 2.39. The molecule has 0 aliphatic carbocycles. The predicted octanol–water partition coefficient (Wildman–Crippen LogP) is 3.66. The van der Waals surface area contributed by atoms with E-state index in [1.165, 1.54) is 6.92 Å². The molecule has 0 aromatic heterocycles. The van der Waals surface area contributed by atoms with E-state index in [0.29, 0.717) is 29.4 Å². The fourth-order valence-corrected chi connectivity index (χ4v) is 1.86. The third kappa shape index (κ3) is 3.29. The van der Waals surface area contributed by atoms with Gasteiger partial charge < -0.3 is 15.2 Å². The molecule has 0 saturated heterocycles. The van der Waals surface area contributed by atoms with Gasteiger partial charge in [0.15, 0.2) is 5.78 Å². The van der Waals surface area contributed by atoms with Crippen LogP contribution in [0, 0.1) is 0 Å². The lowest BCUT2D eigenvalue weighted by atomic mass is 10.1. The first-order valence-corrected chi connectivity index (χ1v) is 6.41. The molecule has 0 fully saturated rings. The van der Waals surface area contributed by atoms with Gasteiger partial charge in [-0.1, -0.05) is 6.07 Å². The van der Waals surface area contributed by atoms with Gasteiger partial charge in [0.05, 0.1) is 6.61 Å². The largest absolute Gasteiger partial charge is 0.494 e. The lowest BCUT2D eigenvalue weighted by Gasteiger charge is -2.10. The average molecular weight is 271 g/mol. The standard InChI is InChI=1S/C16H17NO3/c1-3-19-12-5-4-6-13(9-12)20-14-7-8-15(11(2)18)16(17)10-14/h4-10H,3,17H2,1-2H3. The highest BCUT2D eigenvalue weighted by molar-refractivity contribution is 5.99. The number of ketones is 1. The summed E-state index contributed by atoms with van der Waals surface area (Å²) in [6.45, 7) is 4.01. The van der Waals surface area contributed by atoms with Gasteiger partial charge in [-0.15, -0.1) is 0 Å². The molecule has 4 nitrogen and oxygen atoms in total. The Morgan fingerprint density at radius 3 is 2.45 bits per heavy atom. The second-order valence-corrected chi connectivity index (χ2v) is 4.32. The second-order valence-electron chi connectivity index (χ2n) is 4.32. The first kappa shape index (κ1) is 13.9. The quantitative estimate of drug-likeness (QED) is 0.666. The van der Waals surface area contributed by atoms with E-state index >= 15 is 0 Å². The number of nitrogens with two attached hydrogens (primary N) is 1. The van der Waals surface area contributed by atoms with Crippen molar-refractivity contribution < 1.29 is 14.3 Å². The van der Waals surface area contributed by atoms with Crippen LogP contribution in [0.5, 0.6) is 17.2 Å². The molecule has 0 bridgehead atoms. The number of carbonyl (C=O) groups excluding carboxylic acids is 1. The lowest BCUT2D eigenvalue weighted by Crippen LogP contribution is -1.99. The van der Waals surface area contributed by atoms with Gasteiger partial charge in [0.25, 0.3) is 0 Å². The van der Waals surface area contributed by atoms with Crippen LogP contribution in [0.2, 0.25) is 0 Å². The van der Waals surface area contributed by atoms with Crippen molar-refractivity contribution in [2.24, 2.45) is 0 Å². The molecule has 4 heteroatoms. The van der Waals surface area contributed by atoms with E-state index in [0.717, 1.165) is 5.75 Å². The maximum atomic E-state index is 11.3. The van der Waals surface area contributed by atoms with Gasteiger partial charge in [-0.3, -0.25) is 4.79 Å². The molecule has 0 saturated carbocycles. The molecule has 0 radical (unpaired) electrons. The van der Waals surface area contributed by atoms with Gasteiger partial charge in [0, 0.05) is 23.4 Å². The molecule has 2 aromatic carbocycles. The SMILES string of the molecule is CCOc1cccc(Oc2ccc(C(C)=O)c(N)c2)c1. The van der Waals surface area contributed by atoms with Crippen molar-refractivity contribution in [3.8, 4) is 17.2 Å². The second kappa shape index (κ2) is 6.10. The monoisotopic (exact) mass is 271 g/mol. The zero-order valence-corrected chi connectivity index (χ0v) is 11.6. The molecule has 0 unspecified atom stereocenters. The van der Waals surface area contributed by atoms with Gasteiger partial charge in [-0.25, -0.2) is 0 Å². The number of nitrogen functional groups attached to an aromatic ring is 1. The van der Waals surface area contributed by atoms with Crippen molar-refractivity contribution in [2.45, 2.75) is 13.8 Å². The summed E-state index contributed by atoms with van der Waals surface area (Å²) in [6.07, 6.45) is 0. The highest BCUT2D eigenvalue weighted by Gasteiger charge is 2.07. The number of rotatable bonds is 5. The minimum absolute atomic E-state index is 0.0626. The number of anilines is 1. The Morgan fingerprint density at radius 2 is 1.80 bits per heavy atom. The van der Waals surface area contributed by atoms with E-state index in [9.17, 15) is 4.79 Å². The summed E-state index contributed by atoms with van der Waals surface area (Å²) in [6, 6.07) is 12.4. The van der Waals surface area contributed by atoms with Gasteiger partial charge in [0.1, 0.15) is 17.2 Å². The Labute approximate surface area is 118 Å². The number of ether oxygens (including phenoxy) is 2. The fraction of sp³-hybridized carbons (Fsp3) is 0.188. The Kier molecular flexibility index (Phi) is 4.25. The smallest absolute Gasteiger partial charge is 0.161 e. The van der Waals surface area contributed by atoms with E-state index in [-0.39, 0.29) is 5.78 Å². The summed E-state index contributed by atoms with van der Waals surface area (Å²) in [5, 5.41) is 0. The van der Waals surface area contributed by atoms with Gasteiger partial charge in [-0.2, -0.15) is 0 Å². The Bertz CT molecular complexity index is 623. The highest BCUT2D eigenvalue weighted by atomic mass is 16.5. The van der Waals surface area contributed by atoms with Crippen LogP contribution in [-0.4, -0.2) is 12.4 Å². The Morgan fingerprint density at radius 1 is 1.10 bits per heavy atom. The van der Waals surface area contributed by atoms with E-state index in [1.807, 2.05) is 25.1 Å². The number of hydrogen-bond acceptors (Lipinski definition) is 4. The third-order valence-corrected chi connectivity index (χ3v) is 2.75. The molecular formula is C16H17NO3. The van der Waals surface area contributed by atoms with Gasteiger partial charge >= 0.3 is 0 Å². The van der Waals surface area contributed by atoms with Crippen molar-refractivity contribution in [2.75, 3.05) is 12.3 Å². The summed E-state index contributed by atoms with van der Waals surface area (Å²) < 4.78 is 11.1. The summed E-state index contributed by atoms with van der Waals surface area (Å²) in [4.78, 5) is 11.3. The maximum Gasteiger partial charge on any atom is 0.161 e. The van der Waals surface area contributed by atoms with E-state index in [1.54, 1.807) is 24.3 Å². The number of carbonyl (C=O) groups is 1. The third-order valence-electron chi connectivity index (χ3n) is 2.75. The number of Topliss-reactive ketones (excluding diaryl/α,β-unsaturated/α-hetero) is 1. The highest BCUT2D eigenvalue weighted by Crippen LogP contribution is 2.27. The molecule has 0 heterocycles. The van der Waals surface area contributed by atoms with Crippen LogP contribution < -0.4 is 15.2 Å². The first-order valence-electron chi connectivity index (χ1n) is 6.41. The normalized spacial score (nSPS) is 10.1. The Balaban J connectivity index is 2.19. The van der Waals surface area contributed by atoms with Crippen LogP contribution in [-0.2, 0) is 0 Å². The minimum Gasteiger partial charge on any atom is -0.494 e. The molecule has 2 aromatic rings. The van der Waals surface area contributed by atoms with E-state index in [2.05, 4.69) is 0 Å². The van der Waals surface area contributed by atoms with Crippen molar-refractivity contribution in [1.29, 1.82) is 0 Å². The minimum atomic E-state index is -0.0626. The lowest BCUT2D eigenvalue weighted by molar-refractivity contribution is 0.101. The van der Waals surface area contributed by atoms with Gasteiger partial charge in [-0.05, 0) is 38.1 Å². The summed E-state index contributed by atoms with van der Waals surface area (Å²) in [5.41, 5.74) is 6.74. The van der Waals surface area contributed by atoms with Crippen molar-refractivity contribution in [3.63, 3.8) is 0 Å². The molecule has 0 aliphatic heterocycles. The summed E-state index contributed by atoms with van der Waals surface area (Å²) >= 11 is 0. The van der Waals surface area contributed by atoms with Crippen molar-refractivity contribution in [1.82, 2.24) is 0 Å². The molecule has 0 aliphatic rings.